The summed E-state index contributed by atoms with van der Waals surface area (Å²) in [6, 6.07) is 14.2. The zero-order chi connectivity index (χ0) is 18.5. The van der Waals surface area contributed by atoms with Gasteiger partial charge in [-0.1, -0.05) is 36.4 Å². The normalized spacial score (nSPS) is 11.5. The smallest absolute Gasteiger partial charge is 0.305 e. The van der Waals surface area contributed by atoms with E-state index in [0.717, 1.165) is 10.6 Å². The Kier molecular flexibility index (Phi) is 5.60. The maximum absolute atomic E-state index is 12.6. The minimum atomic E-state index is -4.58. The van der Waals surface area contributed by atoms with Crippen LogP contribution in [0.2, 0.25) is 0 Å². The standard InChI is InChI=1S/C10H8F3N3O2S.C6H6/c11-10(12,13)7-1-2-9(19(14,17)18)8(5-7)16-4-3-15-6-16;1-2-4-6-5-3-1/h1-6H,(H2,14,17,18);1-6H. The Labute approximate surface area is 142 Å². The molecule has 1 aromatic heterocycles. The van der Waals surface area contributed by atoms with E-state index in [2.05, 4.69) is 4.98 Å². The second-order valence-electron chi connectivity index (χ2n) is 4.85. The summed E-state index contributed by atoms with van der Waals surface area (Å²) in [6.45, 7) is 0. The largest absolute Gasteiger partial charge is 0.416 e. The third-order valence-electron chi connectivity index (χ3n) is 3.04. The molecule has 0 unspecified atom stereocenters. The predicted octanol–water partition coefficient (Wildman–Crippen LogP) is 3.23. The molecule has 132 valence electrons. The van der Waals surface area contributed by atoms with Crippen LogP contribution in [0.5, 0.6) is 0 Å². The Morgan fingerprint density at radius 3 is 1.96 bits per heavy atom. The Morgan fingerprint density at radius 2 is 1.56 bits per heavy atom. The monoisotopic (exact) mass is 369 g/mol. The number of benzene rings is 2. The fourth-order valence-electron chi connectivity index (χ4n) is 1.92. The maximum Gasteiger partial charge on any atom is 0.416 e. The van der Waals surface area contributed by atoms with Gasteiger partial charge < -0.3 is 4.57 Å². The number of halogens is 3. The van der Waals surface area contributed by atoms with Crippen molar-refractivity contribution in [3.63, 3.8) is 0 Å². The van der Waals surface area contributed by atoms with E-state index in [0.29, 0.717) is 12.1 Å². The van der Waals surface area contributed by atoms with Gasteiger partial charge in [-0.25, -0.2) is 18.5 Å². The molecule has 0 radical (unpaired) electrons. The average molecular weight is 369 g/mol. The van der Waals surface area contributed by atoms with E-state index in [-0.39, 0.29) is 5.69 Å². The van der Waals surface area contributed by atoms with E-state index in [1.165, 1.54) is 18.7 Å². The first kappa shape index (κ1) is 18.7. The second-order valence-corrected chi connectivity index (χ2v) is 6.38. The summed E-state index contributed by atoms with van der Waals surface area (Å²) in [5, 5.41) is 4.98. The van der Waals surface area contributed by atoms with Gasteiger partial charge in [-0.05, 0) is 18.2 Å². The molecule has 0 saturated heterocycles. The van der Waals surface area contributed by atoms with Crippen LogP contribution < -0.4 is 5.14 Å². The number of alkyl halides is 3. The summed E-state index contributed by atoms with van der Waals surface area (Å²) >= 11 is 0. The Hall–Kier alpha value is -2.65. The third-order valence-corrected chi connectivity index (χ3v) is 4.00. The van der Waals surface area contributed by atoms with Gasteiger partial charge in [-0.15, -0.1) is 0 Å². The molecule has 0 bridgehead atoms. The highest BCUT2D eigenvalue weighted by Crippen LogP contribution is 2.32. The summed E-state index contributed by atoms with van der Waals surface area (Å²) in [4.78, 5) is 3.26. The zero-order valence-electron chi connectivity index (χ0n) is 12.8. The molecule has 0 spiro atoms. The van der Waals surface area contributed by atoms with E-state index >= 15 is 0 Å². The van der Waals surface area contributed by atoms with Gasteiger partial charge in [0, 0.05) is 12.4 Å². The van der Waals surface area contributed by atoms with Crippen molar-refractivity contribution < 1.29 is 21.6 Å². The number of nitrogens with two attached hydrogens (primary N) is 1. The molecule has 25 heavy (non-hydrogen) atoms. The molecule has 0 saturated carbocycles. The lowest BCUT2D eigenvalue weighted by molar-refractivity contribution is -0.137. The molecule has 1 heterocycles. The van der Waals surface area contributed by atoms with Gasteiger partial charge in [0.25, 0.3) is 0 Å². The molecule has 0 aliphatic rings. The van der Waals surface area contributed by atoms with Crippen molar-refractivity contribution in [1.29, 1.82) is 0 Å². The molecule has 0 atom stereocenters. The summed E-state index contributed by atoms with van der Waals surface area (Å²) in [7, 11) is -4.14. The molecular formula is C16H14F3N3O2S. The second kappa shape index (κ2) is 7.49. The number of hydrogen-bond acceptors (Lipinski definition) is 3. The summed E-state index contributed by atoms with van der Waals surface area (Å²) in [5.41, 5.74) is -1.17. The fourth-order valence-corrected chi connectivity index (χ4v) is 2.64. The lowest BCUT2D eigenvalue weighted by Gasteiger charge is -2.12. The molecule has 2 aromatic carbocycles. The van der Waals surface area contributed by atoms with E-state index < -0.39 is 26.7 Å². The summed E-state index contributed by atoms with van der Waals surface area (Å²) in [6.07, 6.45) is -0.756. The number of nitrogens with zero attached hydrogens (tertiary/aromatic N) is 2. The molecule has 3 rings (SSSR count). The summed E-state index contributed by atoms with van der Waals surface area (Å²) in [5.74, 6) is 0. The lowest BCUT2D eigenvalue weighted by Crippen LogP contribution is -2.16. The minimum absolute atomic E-state index is 0.199. The van der Waals surface area contributed by atoms with Crippen molar-refractivity contribution >= 4 is 10.0 Å². The van der Waals surface area contributed by atoms with Crippen LogP contribution in [0.3, 0.4) is 0 Å². The van der Waals surface area contributed by atoms with E-state index in [1.807, 2.05) is 36.4 Å². The number of imidazole rings is 1. The van der Waals surface area contributed by atoms with Crippen LogP contribution in [0.25, 0.3) is 5.69 Å². The van der Waals surface area contributed by atoms with Crippen LogP contribution in [-0.2, 0) is 16.2 Å². The maximum atomic E-state index is 12.6. The van der Waals surface area contributed by atoms with Gasteiger partial charge in [0.15, 0.2) is 0 Å². The van der Waals surface area contributed by atoms with Gasteiger partial charge in [0.05, 0.1) is 17.6 Å². The minimum Gasteiger partial charge on any atom is -0.305 e. The molecule has 5 nitrogen and oxygen atoms in total. The van der Waals surface area contributed by atoms with Gasteiger partial charge in [-0.2, -0.15) is 13.2 Å². The van der Waals surface area contributed by atoms with Crippen LogP contribution in [0.1, 0.15) is 5.56 Å². The molecule has 0 aliphatic carbocycles. The van der Waals surface area contributed by atoms with Crippen LogP contribution >= 0.6 is 0 Å². The highest BCUT2D eigenvalue weighted by Gasteiger charge is 2.32. The van der Waals surface area contributed by atoms with Gasteiger partial charge >= 0.3 is 6.18 Å². The molecule has 2 N–H and O–H groups in total. The predicted molar refractivity (Wildman–Crippen MR) is 86.4 cm³/mol. The van der Waals surface area contributed by atoms with Crippen molar-refractivity contribution in [2.75, 3.05) is 0 Å². The van der Waals surface area contributed by atoms with Gasteiger partial charge in [-0.3, -0.25) is 0 Å². The molecular weight excluding hydrogens is 355 g/mol. The fraction of sp³-hybridized carbons (Fsp3) is 0.0625. The zero-order valence-corrected chi connectivity index (χ0v) is 13.6. The van der Waals surface area contributed by atoms with Gasteiger partial charge in [0.1, 0.15) is 4.90 Å². The summed E-state index contributed by atoms with van der Waals surface area (Å²) < 4.78 is 61.8. The highest BCUT2D eigenvalue weighted by molar-refractivity contribution is 7.89. The first-order chi connectivity index (χ1) is 11.7. The van der Waals surface area contributed by atoms with Crippen molar-refractivity contribution in [2.45, 2.75) is 11.1 Å². The van der Waals surface area contributed by atoms with Gasteiger partial charge in [0.2, 0.25) is 10.0 Å². The van der Waals surface area contributed by atoms with E-state index in [1.54, 1.807) is 0 Å². The third kappa shape index (κ3) is 5.16. The van der Waals surface area contributed by atoms with E-state index in [4.69, 9.17) is 5.14 Å². The average Bonchev–Trinajstić information content (AvgIpc) is 3.09. The van der Waals surface area contributed by atoms with Crippen LogP contribution in [-0.4, -0.2) is 18.0 Å². The lowest BCUT2D eigenvalue weighted by atomic mass is 10.2. The Balaban J connectivity index is 0.000000316. The Bertz CT molecular complexity index is 883. The SMILES string of the molecule is NS(=O)(=O)c1ccc(C(F)(F)F)cc1-n1ccnc1.c1ccccc1. The van der Waals surface area contributed by atoms with E-state index in [9.17, 15) is 21.6 Å². The van der Waals surface area contributed by atoms with Crippen LogP contribution in [0.4, 0.5) is 13.2 Å². The number of primary sulfonamides is 1. The molecule has 3 aromatic rings. The molecule has 9 heteroatoms. The van der Waals surface area contributed by atoms with Crippen LogP contribution in [0.15, 0.2) is 78.2 Å². The topological polar surface area (TPSA) is 78.0 Å². The quantitative estimate of drug-likeness (QED) is 0.753. The van der Waals surface area contributed by atoms with Crippen molar-refractivity contribution in [3.05, 3.63) is 78.9 Å². The van der Waals surface area contributed by atoms with Crippen molar-refractivity contribution in [1.82, 2.24) is 9.55 Å². The van der Waals surface area contributed by atoms with Crippen molar-refractivity contribution in [3.8, 4) is 5.69 Å². The molecule has 0 aliphatic heterocycles. The highest BCUT2D eigenvalue weighted by atomic mass is 32.2. The first-order valence-electron chi connectivity index (χ1n) is 6.92. The molecule has 0 amide bonds. The number of sulfonamides is 1. The number of rotatable bonds is 2. The molecule has 0 fully saturated rings. The first-order valence-corrected chi connectivity index (χ1v) is 8.46. The Morgan fingerprint density at radius 1 is 1.00 bits per heavy atom. The number of aromatic nitrogens is 2. The van der Waals surface area contributed by atoms with Crippen LogP contribution in [0, 0.1) is 0 Å². The number of hydrogen-bond donors (Lipinski definition) is 1. The van der Waals surface area contributed by atoms with Crippen molar-refractivity contribution in [2.24, 2.45) is 5.14 Å².